The van der Waals surface area contributed by atoms with Crippen LogP contribution in [0.2, 0.25) is 5.02 Å². The number of amides is 1. The number of anilines is 2. The summed E-state index contributed by atoms with van der Waals surface area (Å²) in [5.74, 6) is 1.67. The first kappa shape index (κ1) is 27.1. The van der Waals surface area contributed by atoms with Crippen molar-refractivity contribution >= 4 is 39.9 Å². The van der Waals surface area contributed by atoms with Crippen molar-refractivity contribution in [1.29, 1.82) is 0 Å². The molecule has 2 heterocycles. The molecule has 204 valence electrons. The van der Waals surface area contributed by atoms with E-state index in [9.17, 15) is 9.18 Å². The fourth-order valence-electron chi connectivity index (χ4n) is 4.03. The average Bonchev–Trinajstić information content (AvgIpc) is 3.44. The van der Waals surface area contributed by atoms with Crippen LogP contribution in [-0.4, -0.2) is 27.6 Å². The molecule has 0 radical (unpaired) electrons. The summed E-state index contributed by atoms with van der Waals surface area (Å²) in [6.45, 7) is 1.02. The zero-order chi connectivity index (χ0) is 27.9. The van der Waals surface area contributed by atoms with Crippen LogP contribution in [0.5, 0.6) is 5.75 Å². The molecule has 0 spiro atoms. The number of rotatable bonds is 11. The number of carbonyl (C=O) groups is 1. The second-order valence-corrected chi connectivity index (χ2v) is 9.28. The van der Waals surface area contributed by atoms with E-state index >= 15 is 0 Å². The van der Waals surface area contributed by atoms with Crippen LogP contribution in [-0.2, 0) is 17.9 Å². The Labute approximate surface area is 233 Å². The Kier molecular flexibility index (Phi) is 8.50. The first-order valence-corrected chi connectivity index (χ1v) is 12.8. The van der Waals surface area contributed by atoms with Crippen LogP contribution in [0.25, 0.3) is 22.2 Å². The van der Waals surface area contributed by atoms with Crippen molar-refractivity contribution < 1.29 is 23.5 Å². The number of hydrogen-bond acceptors (Lipinski definition) is 8. The number of hydroxylamine groups is 1. The normalized spacial score (nSPS) is 11.0. The SMILES string of the molecule is O=C(CCNCc1ccc(-c2ccc3ncnc(Nc4ccc(OCc5cccc(F)c5)c(Cl)c4)c3c2)o1)NO. The minimum Gasteiger partial charge on any atom is -0.487 e. The Hall–Kier alpha value is -4.51. The molecule has 11 heteroatoms. The largest absolute Gasteiger partial charge is 0.487 e. The lowest BCUT2D eigenvalue weighted by Gasteiger charge is -2.12. The number of fused-ring (bicyclic) bond motifs is 1. The summed E-state index contributed by atoms with van der Waals surface area (Å²) in [5, 5.41) is 16.1. The molecule has 0 atom stereocenters. The Morgan fingerprint density at radius 2 is 1.95 bits per heavy atom. The minimum atomic E-state index is -0.456. The maximum absolute atomic E-state index is 13.4. The lowest BCUT2D eigenvalue weighted by Crippen LogP contribution is -2.24. The van der Waals surface area contributed by atoms with E-state index in [4.69, 9.17) is 26.0 Å². The second-order valence-electron chi connectivity index (χ2n) is 8.87. The van der Waals surface area contributed by atoms with E-state index in [-0.39, 0.29) is 18.8 Å². The van der Waals surface area contributed by atoms with Crippen molar-refractivity contribution in [3.8, 4) is 17.1 Å². The molecular weight excluding hydrogens is 537 g/mol. The zero-order valence-corrected chi connectivity index (χ0v) is 21.9. The molecule has 3 aromatic carbocycles. The number of hydrogen-bond donors (Lipinski definition) is 4. The molecule has 0 saturated carbocycles. The third kappa shape index (κ3) is 6.73. The van der Waals surface area contributed by atoms with Gasteiger partial charge in [-0.1, -0.05) is 23.7 Å². The van der Waals surface area contributed by atoms with Crippen molar-refractivity contribution in [3.05, 3.63) is 101 Å². The lowest BCUT2D eigenvalue weighted by molar-refractivity contribution is -0.129. The van der Waals surface area contributed by atoms with Crippen LogP contribution in [0.1, 0.15) is 17.7 Å². The monoisotopic (exact) mass is 561 g/mol. The predicted octanol–water partition coefficient (Wildman–Crippen LogP) is 5.99. The number of nitrogens with zero attached hydrogens (tertiary/aromatic N) is 2. The van der Waals surface area contributed by atoms with Crippen LogP contribution in [0.4, 0.5) is 15.9 Å². The summed E-state index contributed by atoms with van der Waals surface area (Å²) in [4.78, 5) is 19.9. The van der Waals surface area contributed by atoms with Crippen LogP contribution < -0.4 is 20.9 Å². The summed E-state index contributed by atoms with van der Waals surface area (Å²) in [5.41, 5.74) is 4.60. The fourth-order valence-corrected chi connectivity index (χ4v) is 4.26. The summed E-state index contributed by atoms with van der Waals surface area (Å²) in [6, 6.07) is 21.0. The number of aromatic nitrogens is 2. The van der Waals surface area contributed by atoms with Gasteiger partial charge in [-0.15, -0.1) is 0 Å². The summed E-state index contributed by atoms with van der Waals surface area (Å²) in [6.07, 6.45) is 1.64. The van der Waals surface area contributed by atoms with Crippen LogP contribution in [0.15, 0.2) is 83.5 Å². The van der Waals surface area contributed by atoms with E-state index in [2.05, 4.69) is 20.6 Å². The molecule has 0 aliphatic carbocycles. The third-order valence-electron chi connectivity index (χ3n) is 6.01. The Morgan fingerprint density at radius 3 is 2.77 bits per heavy atom. The Balaban J connectivity index is 1.28. The number of benzene rings is 3. The van der Waals surface area contributed by atoms with Gasteiger partial charge < -0.3 is 19.8 Å². The predicted molar refractivity (Wildman–Crippen MR) is 149 cm³/mol. The molecule has 0 aliphatic rings. The second kappa shape index (κ2) is 12.6. The maximum Gasteiger partial charge on any atom is 0.244 e. The van der Waals surface area contributed by atoms with Gasteiger partial charge in [0.05, 0.1) is 17.1 Å². The van der Waals surface area contributed by atoms with E-state index in [1.807, 2.05) is 36.4 Å². The molecule has 2 aromatic heterocycles. The van der Waals surface area contributed by atoms with Gasteiger partial charge in [-0.25, -0.2) is 19.8 Å². The van der Waals surface area contributed by atoms with E-state index in [0.29, 0.717) is 52.5 Å². The minimum absolute atomic E-state index is 0.153. The standard InChI is InChI=1S/C29H25ClFN5O4/c30-24-14-21(5-8-27(24)39-16-18-2-1-3-20(31)12-18)35-29-23-13-19(4-7-25(23)33-17-34-29)26-9-6-22(40-26)15-32-11-10-28(37)36-38/h1-9,12-14,17,32,38H,10-11,15-16H2,(H,36,37)(H,33,34,35). The highest BCUT2D eigenvalue weighted by Gasteiger charge is 2.11. The van der Waals surface area contributed by atoms with Crippen LogP contribution >= 0.6 is 11.6 Å². The van der Waals surface area contributed by atoms with Gasteiger partial charge in [-0.05, 0) is 66.2 Å². The molecule has 9 nitrogen and oxygen atoms in total. The molecule has 40 heavy (non-hydrogen) atoms. The van der Waals surface area contributed by atoms with Gasteiger partial charge in [-0.3, -0.25) is 10.0 Å². The summed E-state index contributed by atoms with van der Waals surface area (Å²) in [7, 11) is 0. The van der Waals surface area contributed by atoms with Gasteiger partial charge in [0.15, 0.2) is 0 Å². The molecule has 0 saturated heterocycles. The lowest BCUT2D eigenvalue weighted by atomic mass is 10.1. The van der Waals surface area contributed by atoms with Crippen molar-refractivity contribution in [2.45, 2.75) is 19.6 Å². The number of nitrogens with one attached hydrogen (secondary N) is 3. The van der Waals surface area contributed by atoms with E-state index < -0.39 is 5.91 Å². The molecule has 4 N–H and O–H groups in total. The van der Waals surface area contributed by atoms with Gasteiger partial charge >= 0.3 is 0 Å². The summed E-state index contributed by atoms with van der Waals surface area (Å²) >= 11 is 6.47. The van der Waals surface area contributed by atoms with Gasteiger partial charge in [0.2, 0.25) is 5.91 Å². The summed E-state index contributed by atoms with van der Waals surface area (Å²) < 4.78 is 25.2. The number of halogens is 2. The third-order valence-corrected chi connectivity index (χ3v) is 6.31. The van der Waals surface area contributed by atoms with Gasteiger partial charge in [0.25, 0.3) is 0 Å². The molecule has 0 bridgehead atoms. The topological polar surface area (TPSA) is 122 Å². The van der Waals surface area contributed by atoms with Crippen molar-refractivity contribution in [3.63, 3.8) is 0 Å². The van der Waals surface area contributed by atoms with E-state index in [1.165, 1.54) is 18.5 Å². The first-order chi connectivity index (χ1) is 19.5. The molecule has 0 aliphatic heterocycles. The van der Waals surface area contributed by atoms with Gasteiger partial charge in [0.1, 0.15) is 41.8 Å². The zero-order valence-electron chi connectivity index (χ0n) is 21.2. The van der Waals surface area contributed by atoms with Crippen LogP contribution in [0.3, 0.4) is 0 Å². The van der Waals surface area contributed by atoms with E-state index in [1.54, 1.807) is 29.7 Å². The smallest absolute Gasteiger partial charge is 0.244 e. The van der Waals surface area contributed by atoms with Crippen molar-refractivity contribution in [2.24, 2.45) is 0 Å². The average molecular weight is 562 g/mol. The van der Waals surface area contributed by atoms with Gasteiger partial charge in [-0.2, -0.15) is 0 Å². The molecule has 1 amide bonds. The molecular formula is C29H25ClFN5O4. The highest BCUT2D eigenvalue weighted by atomic mass is 35.5. The maximum atomic E-state index is 13.4. The van der Waals surface area contributed by atoms with Crippen molar-refractivity contribution in [2.75, 3.05) is 11.9 Å². The van der Waals surface area contributed by atoms with Crippen molar-refractivity contribution in [1.82, 2.24) is 20.8 Å². The molecule has 5 rings (SSSR count). The Morgan fingerprint density at radius 1 is 1.05 bits per heavy atom. The number of furan rings is 1. The fraction of sp³-hybridized carbons (Fsp3) is 0.138. The molecule has 5 aromatic rings. The molecule has 0 fully saturated rings. The first-order valence-electron chi connectivity index (χ1n) is 12.4. The Bertz CT molecular complexity index is 1640. The quantitative estimate of drug-likeness (QED) is 0.0881. The highest BCUT2D eigenvalue weighted by molar-refractivity contribution is 6.32. The molecule has 0 unspecified atom stereocenters. The number of carbonyl (C=O) groups excluding carboxylic acids is 1. The van der Waals surface area contributed by atoms with E-state index in [0.717, 1.165) is 16.5 Å². The van der Waals surface area contributed by atoms with Gasteiger partial charge in [0, 0.05) is 29.6 Å². The number of ether oxygens (including phenoxy) is 1. The van der Waals surface area contributed by atoms with Crippen LogP contribution in [0, 0.1) is 5.82 Å². The highest BCUT2D eigenvalue weighted by Crippen LogP contribution is 2.32.